The molecule has 17 heavy (non-hydrogen) atoms. The summed E-state index contributed by atoms with van der Waals surface area (Å²) >= 11 is 0. The Kier molecular flexibility index (Phi) is 6.49. The number of hydrogen-bond acceptors (Lipinski definition) is 4. The fourth-order valence-corrected chi connectivity index (χ4v) is 2.01. The Bertz CT molecular complexity index is 246. The molecule has 4 nitrogen and oxygen atoms in total. The van der Waals surface area contributed by atoms with Crippen LogP contribution in [0.2, 0.25) is 0 Å². The Morgan fingerprint density at radius 2 is 2.18 bits per heavy atom. The third kappa shape index (κ3) is 5.49. The van der Waals surface area contributed by atoms with Crippen molar-refractivity contribution in [3.8, 4) is 6.07 Å². The molecule has 0 aromatic rings. The van der Waals surface area contributed by atoms with E-state index in [1.165, 1.54) is 0 Å². The van der Waals surface area contributed by atoms with E-state index in [9.17, 15) is 0 Å². The second-order valence-corrected chi connectivity index (χ2v) is 4.85. The number of ether oxygens (including phenoxy) is 2. The zero-order chi connectivity index (χ0) is 12.6. The first-order valence-electron chi connectivity index (χ1n) is 6.52. The molecule has 0 bridgehead atoms. The van der Waals surface area contributed by atoms with Crippen LogP contribution in [0.1, 0.15) is 33.1 Å². The molecular weight excluding hydrogens is 216 g/mol. The lowest BCUT2D eigenvalue weighted by Crippen LogP contribution is -2.41. The van der Waals surface area contributed by atoms with Gasteiger partial charge in [-0.2, -0.15) is 5.26 Å². The minimum atomic E-state index is -0.454. The minimum Gasteiger partial charge on any atom is -0.381 e. The molecular formula is C13H24N2O2. The van der Waals surface area contributed by atoms with Gasteiger partial charge in [0.2, 0.25) is 0 Å². The predicted molar refractivity (Wildman–Crippen MR) is 66.7 cm³/mol. The van der Waals surface area contributed by atoms with E-state index in [0.717, 1.165) is 45.6 Å². The van der Waals surface area contributed by atoms with E-state index in [1.54, 1.807) is 0 Å². The standard InChI is InChI=1S/C13H24N2O2/c1-3-15-13(2,11-14)6-9-17-10-12-4-7-16-8-5-12/h12,15H,3-10H2,1-2H3. The van der Waals surface area contributed by atoms with Crippen molar-refractivity contribution in [3.63, 3.8) is 0 Å². The van der Waals surface area contributed by atoms with Crippen molar-refractivity contribution in [2.45, 2.75) is 38.6 Å². The van der Waals surface area contributed by atoms with Gasteiger partial charge < -0.3 is 9.47 Å². The normalized spacial score (nSPS) is 20.8. The molecule has 1 fully saturated rings. The number of nitriles is 1. The molecule has 0 radical (unpaired) electrons. The Labute approximate surface area is 104 Å². The lowest BCUT2D eigenvalue weighted by molar-refractivity contribution is 0.0175. The molecule has 0 aliphatic carbocycles. The van der Waals surface area contributed by atoms with Gasteiger partial charge in [0.05, 0.1) is 6.07 Å². The molecule has 0 saturated carbocycles. The lowest BCUT2D eigenvalue weighted by Gasteiger charge is -2.24. The van der Waals surface area contributed by atoms with Crippen molar-refractivity contribution in [2.24, 2.45) is 5.92 Å². The van der Waals surface area contributed by atoms with E-state index < -0.39 is 5.54 Å². The van der Waals surface area contributed by atoms with Crippen LogP contribution < -0.4 is 5.32 Å². The van der Waals surface area contributed by atoms with Crippen LogP contribution in [0.4, 0.5) is 0 Å². The van der Waals surface area contributed by atoms with Crippen molar-refractivity contribution >= 4 is 0 Å². The summed E-state index contributed by atoms with van der Waals surface area (Å²) in [7, 11) is 0. The quantitative estimate of drug-likeness (QED) is 0.688. The van der Waals surface area contributed by atoms with Crippen molar-refractivity contribution < 1.29 is 9.47 Å². The van der Waals surface area contributed by atoms with Gasteiger partial charge in [-0.15, -0.1) is 0 Å². The zero-order valence-electron chi connectivity index (χ0n) is 11.0. The third-order valence-corrected chi connectivity index (χ3v) is 3.25. The summed E-state index contributed by atoms with van der Waals surface area (Å²) in [6, 6.07) is 2.31. The van der Waals surface area contributed by atoms with E-state index >= 15 is 0 Å². The zero-order valence-corrected chi connectivity index (χ0v) is 11.0. The first-order chi connectivity index (χ1) is 8.20. The molecule has 1 saturated heterocycles. The van der Waals surface area contributed by atoms with Crippen LogP contribution in [-0.4, -0.2) is 38.5 Å². The molecule has 1 atom stereocenters. The number of nitrogens with one attached hydrogen (secondary N) is 1. The van der Waals surface area contributed by atoms with Gasteiger partial charge >= 0.3 is 0 Å². The summed E-state index contributed by atoms with van der Waals surface area (Å²) in [5.74, 6) is 0.635. The van der Waals surface area contributed by atoms with Crippen molar-refractivity contribution in [3.05, 3.63) is 0 Å². The number of rotatable bonds is 7. The van der Waals surface area contributed by atoms with Gasteiger partial charge in [-0.25, -0.2) is 0 Å². The summed E-state index contributed by atoms with van der Waals surface area (Å²) in [4.78, 5) is 0. The highest BCUT2D eigenvalue weighted by Crippen LogP contribution is 2.15. The fourth-order valence-electron chi connectivity index (χ4n) is 2.01. The van der Waals surface area contributed by atoms with E-state index in [1.807, 2.05) is 13.8 Å². The van der Waals surface area contributed by atoms with E-state index in [4.69, 9.17) is 14.7 Å². The van der Waals surface area contributed by atoms with Gasteiger partial charge in [0.1, 0.15) is 5.54 Å². The van der Waals surface area contributed by atoms with Crippen molar-refractivity contribution in [1.29, 1.82) is 5.26 Å². The molecule has 0 spiro atoms. The molecule has 98 valence electrons. The second kappa shape index (κ2) is 7.65. The Hall–Kier alpha value is -0.630. The highest BCUT2D eigenvalue weighted by Gasteiger charge is 2.22. The predicted octanol–water partition coefficient (Wildman–Crippen LogP) is 1.71. The Balaban J connectivity index is 2.12. The number of nitrogens with zero attached hydrogens (tertiary/aromatic N) is 1. The second-order valence-electron chi connectivity index (χ2n) is 4.85. The van der Waals surface area contributed by atoms with Gasteiger partial charge in [0.15, 0.2) is 0 Å². The minimum absolute atomic E-state index is 0.454. The van der Waals surface area contributed by atoms with E-state index in [-0.39, 0.29) is 0 Å². The van der Waals surface area contributed by atoms with Crippen LogP contribution in [-0.2, 0) is 9.47 Å². The molecule has 1 aliphatic heterocycles. The van der Waals surface area contributed by atoms with Gasteiger partial charge in [-0.3, -0.25) is 5.32 Å². The summed E-state index contributed by atoms with van der Waals surface area (Å²) in [5, 5.41) is 12.3. The first kappa shape index (κ1) is 14.4. The topological polar surface area (TPSA) is 54.3 Å². The number of hydrogen-bond donors (Lipinski definition) is 1. The van der Waals surface area contributed by atoms with Crippen LogP contribution >= 0.6 is 0 Å². The van der Waals surface area contributed by atoms with E-state index in [2.05, 4.69) is 11.4 Å². The van der Waals surface area contributed by atoms with Crippen LogP contribution in [0, 0.1) is 17.2 Å². The van der Waals surface area contributed by atoms with Gasteiger partial charge in [-0.05, 0) is 32.2 Å². The average Bonchev–Trinajstić information content (AvgIpc) is 2.36. The largest absolute Gasteiger partial charge is 0.381 e. The summed E-state index contributed by atoms with van der Waals surface area (Å²) < 4.78 is 11.0. The fraction of sp³-hybridized carbons (Fsp3) is 0.923. The molecule has 1 heterocycles. The highest BCUT2D eigenvalue weighted by molar-refractivity contribution is 5.03. The first-order valence-corrected chi connectivity index (χ1v) is 6.52. The molecule has 4 heteroatoms. The molecule has 0 aromatic heterocycles. The maximum atomic E-state index is 9.08. The van der Waals surface area contributed by atoms with Crippen LogP contribution in [0.3, 0.4) is 0 Å². The average molecular weight is 240 g/mol. The van der Waals surface area contributed by atoms with Crippen LogP contribution in [0.5, 0.6) is 0 Å². The molecule has 0 aromatic carbocycles. The van der Waals surface area contributed by atoms with Crippen molar-refractivity contribution in [1.82, 2.24) is 5.32 Å². The molecule has 1 rings (SSSR count). The maximum absolute atomic E-state index is 9.08. The van der Waals surface area contributed by atoms with Crippen LogP contribution in [0.25, 0.3) is 0 Å². The molecule has 1 N–H and O–H groups in total. The monoisotopic (exact) mass is 240 g/mol. The van der Waals surface area contributed by atoms with Crippen molar-refractivity contribution in [2.75, 3.05) is 33.0 Å². The molecule has 1 unspecified atom stereocenters. The molecule has 1 aliphatic rings. The summed E-state index contributed by atoms with van der Waals surface area (Å²) in [5.41, 5.74) is -0.454. The summed E-state index contributed by atoms with van der Waals surface area (Å²) in [6.45, 7) is 7.92. The Morgan fingerprint density at radius 1 is 1.47 bits per heavy atom. The van der Waals surface area contributed by atoms with Gasteiger partial charge in [0, 0.05) is 32.8 Å². The lowest BCUT2D eigenvalue weighted by atomic mass is 10.00. The SMILES string of the molecule is CCNC(C)(C#N)CCOCC1CCOCC1. The highest BCUT2D eigenvalue weighted by atomic mass is 16.5. The molecule has 0 amide bonds. The maximum Gasteiger partial charge on any atom is 0.106 e. The summed E-state index contributed by atoms with van der Waals surface area (Å²) in [6.07, 6.45) is 2.94. The van der Waals surface area contributed by atoms with Crippen LogP contribution in [0.15, 0.2) is 0 Å². The van der Waals surface area contributed by atoms with E-state index in [0.29, 0.717) is 12.5 Å². The van der Waals surface area contributed by atoms with Gasteiger partial charge in [-0.1, -0.05) is 6.92 Å². The Morgan fingerprint density at radius 3 is 2.76 bits per heavy atom. The smallest absolute Gasteiger partial charge is 0.106 e. The third-order valence-electron chi connectivity index (χ3n) is 3.25. The van der Waals surface area contributed by atoms with Gasteiger partial charge in [0.25, 0.3) is 0 Å².